The SMILES string of the molecule is C#C[C@@](C)(CCCC(C)C)OC1CCCO1. The number of terminal acetylenes is 1. The Kier molecular flexibility index (Phi) is 5.31. The topological polar surface area (TPSA) is 18.5 Å². The summed E-state index contributed by atoms with van der Waals surface area (Å²) in [6, 6.07) is 0. The molecule has 0 amide bonds. The Morgan fingerprint density at radius 1 is 1.56 bits per heavy atom. The molecule has 1 aliphatic rings. The highest BCUT2D eigenvalue weighted by Crippen LogP contribution is 2.25. The molecule has 2 heteroatoms. The van der Waals surface area contributed by atoms with Crippen LogP contribution < -0.4 is 0 Å². The van der Waals surface area contributed by atoms with E-state index in [9.17, 15) is 0 Å². The first-order valence-electron chi connectivity index (χ1n) is 6.33. The van der Waals surface area contributed by atoms with Gasteiger partial charge in [-0.25, -0.2) is 0 Å². The van der Waals surface area contributed by atoms with Gasteiger partial charge in [-0.3, -0.25) is 0 Å². The van der Waals surface area contributed by atoms with Crippen molar-refractivity contribution in [2.24, 2.45) is 5.92 Å². The second-order valence-corrected chi connectivity index (χ2v) is 5.22. The summed E-state index contributed by atoms with van der Waals surface area (Å²) in [6.45, 7) is 7.26. The van der Waals surface area contributed by atoms with E-state index >= 15 is 0 Å². The van der Waals surface area contributed by atoms with Gasteiger partial charge in [-0.1, -0.05) is 26.2 Å². The first-order chi connectivity index (χ1) is 7.56. The van der Waals surface area contributed by atoms with Crippen molar-refractivity contribution in [2.45, 2.75) is 64.8 Å². The molecule has 1 unspecified atom stereocenters. The molecule has 0 saturated carbocycles. The molecule has 0 radical (unpaired) electrons. The summed E-state index contributed by atoms with van der Waals surface area (Å²) in [4.78, 5) is 0. The smallest absolute Gasteiger partial charge is 0.159 e. The maximum Gasteiger partial charge on any atom is 0.159 e. The van der Waals surface area contributed by atoms with Gasteiger partial charge >= 0.3 is 0 Å². The van der Waals surface area contributed by atoms with Gasteiger partial charge in [0.1, 0.15) is 5.60 Å². The Hall–Kier alpha value is -0.520. The zero-order valence-electron chi connectivity index (χ0n) is 10.8. The van der Waals surface area contributed by atoms with Crippen LogP contribution in [0.5, 0.6) is 0 Å². The van der Waals surface area contributed by atoms with Crippen molar-refractivity contribution in [3.63, 3.8) is 0 Å². The summed E-state index contributed by atoms with van der Waals surface area (Å²) in [5.41, 5.74) is -0.454. The van der Waals surface area contributed by atoms with Gasteiger partial charge in [0, 0.05) is 13.0 Å². The number of hydrogen-bond acceptors (Lipinski definition) is 2. The van der Waals surface area contributed by atoms with Crippen molar-refractivity contribution < 1.29 is 9.47 Å². The Labute approximate surface area is 99.7 Å². The molecule has 0 N–H and O–H groups in total. The van der Waals surface area contributed by atoms with Crippen molar-refractivity contribution in [3.05, 3.63) is 0 Å². The Morgan fingerprint density at radius 3 is 2.81 bits per heavy atom. The predicted octanol–water partition coefficient (Wildman–Crippen LogP) is 3.36. The second-order valence-electron chi connectivity index (χ2n) is 5.22. The molecule has 0 aromatic rings. The summed E-state index contributed by atoms with van der Waals surface area (Å²) >= 11 is 0. The highest BCUT2D eigenvalue weighted by atomic mass is 16.7. The van der Waals surface area contributed by atoms with Crippen LogP contribution in [0.3, 0.4) is 0 Å². The molecule has 1 fully saturated rings. The van der Waals surface area contributed by atoms with E-state index < -0.39 is 5.60 Å². The van der Waals surface area contributed by atoms with Gasteiger partial charge in [-0.15, -0.1) is 6.42 Å². The fourth-order valence-electron chi connectivity index (χ4n) is 1.94. The van der Waals surface area contributed by atoms with Crippen molar-refractivity contribution in [1.29, 1.82) is 0 Å². The van der Waals surface area contributed by atoms with Gasteiger partial charge in [0.05, 0.1) is 0 Å². The van der Waals surface area contributed by atoms with Gasteiger partial charge in [0.15, 0.2) is 6.29 Å². The van der Waals surface area contributed by atoms with Crippen LogP contribution in [0.4, 0.5) is 0 Å². The zero-order valence-corrected chi connectivity index (χ0v) is 10.8. The Balaban J connectivity index is 2.34. The third-order valence-electron chi connectivity index (χ3n) is 3.02. The normalized spacial score (nSPS) is 24.3. The molecule has 16 heavy (non-hydrogen) atoms. The molecule has 1 aliphatic heterocycles. The van der Waals surface area contributed by atoms with Gasteiger partial charge in [-0.05, 0) is 32.1 Å². The van der Waals surface area contributed by atoms with Crippen LogP contribution in [0.15, 0.2) is 0 Å². The number of rotatable bonds is 6. The quantitative estimate of drug-likeness (QED) is 0.644. The number of ether oxygens (including phenoxy) is 2. The molecule has 0 aromatic carbocycles. The maximum atomic E-state index is 5.87. The highest BCUT2D eigenvalue weighted by Gasteiger charge is 2.28. The third-order valence-corrected chi connectivity index (χ3v) is 3.02. The minimum Gasteiger partial charge on any atom is -0.353 e. The Morgan fingerprint density at radius 2 is 2.31 bits per heavy atom. The van der Waals surface area contributed by atoms with Crippen LogP contribution in [0, 0.1) is 18.3 Å². The minimum absolute atomic E-state index is 0.0832. The average molecular weight is 224 g/mol. The molecular weight excluding hydrogens is 200 g/mol. The van der Waals surface area contributed by atoms with Gasteiger partial charge in [-0.2, -0.15) is 0 Å². The lowest BCUT2D eigenvalue weighted by atomic mass is 9.96. The van der Waals surface area contributed by atoms with Crippen LogP contribution >= 0.6 is 0 Å². The molecule has 0 spiro atoms. The lowest BCUT2D eigenvalue weighted by molar-refractivity contribution is -0.166. The molecule has 2 nitrogen and oxygen atoms in total. The lowest BCUT2D eigenvalue weighted by Crippen LogP contribution is -2.32. The van der Waals surface area contributed by atoms with E-state index in [0.717, 1.165) is 38.2 Å². The lowest BCUT2D eigenvalue weighted by Gasteiger charge is -2.27. The first-order valence-corrected chi connectivity index (χ1v) is 6.33. The first kappa shape index (κ1) is 13.5. The molecule has 0 bridgehead atoms. The van der Waals surface area contributed by atoms with E-state index in [1.807, 2.05) is 6.92 Å². The van der Waals surface area contributed by atoms with E-state index in [-0.39, 0.29) is 6.29 Å². The van der Waals surface area contributed by atoms with Gasteiger partial charge in [0.2, 0.25) is 0 Å². The van der Waals surface area contributed by atoms with Gasteiger partial charge < -0.3 is 9.47 Å². The zero-order chi connectivity index (χ0) is 12.0. The van der Waals surface area contributed by atoms with E-state index in [0.29, 0.717) is 0 Å². The maximum absolute atomic E-state index is 5.87. The van der Waals surface area contributed by atoms with Crippen molar-refractivity contribution >= 4 is 0 Å². The third kappa shape index (κ3) is 4.55. The fraction of sp³-hybridized carbons (Fsp3) is 0.857. The monoisotopic (exact) mass is 224 g/mol. The standard InChI is InChI=1S/C14H24O2/c1-5-14(4,10-6-8-12(2)3)16-13-9-7-11-15-13/h1,12-13H,6-11H2,2-4H3/t13?,14-/m0/s1. The molecule has 1 saturated heterocycles. The van der Waals surface area contributed by atoms with E-state index in [1.165, 1.54) is 6.42 Å². The molecule has 0 aromatic heterocycles. The largest absolute Gasteiger partial charge is 0.353 e. The van der Waals surface area contributed by atoms with Gasteiger partial charge in [0.25, 0.3) is 0 Å². The van der Waals surface area contributed by atoms with Crippen LogP contribution in [0.1, 0.15) is 52.9 Å². The fourth-order valence-corrected chi connectivity index (χ4v) is 1.94. The van der Waals surface area contributed by atoms with Crippen molar-refractivity contribution in [3.8, 4) is 12.3 Å². The summed E-state index contributed by atoms with van der Waals surface area (Å²) in [5, 5.41) is 0. The molecular formula is C14H24O2. The summed E-state index contributed by atoms with van der Waals surface area (Å²) in [7, 11) is 0. The van der Waals surface area contributed by atoms with E-state index in [4.69, 9.17) is 15.9 Å². The molecule has 2 atom stereocenters. The van der Waals surface area contributed by atoms with Crippen molar-refractivity contribution in [2.75, 3.05) is 6.61 Å². The van der Waals surface area contributed by atoms with Crippen LogP contribution in [-0.4, -0.2) is 18.5 Å². The van der Waals surface area contributed by atoms with Crippen LogP contribution in [0.2, 0.25) is 0 Å². The van der Waals surface area contributed by atoms with Crippen LogP contribution in [-0.2, 0) is 9.47 Å². The molecule has 92 valence electrons. The average Bonchev–Trinajstić information content (AvgIpc) is 2.69. The molecule has 0 aliphatic carbocycles. The van der Waals surface area contributed by atoms with Crippen LogP contribution in [0.25, 0.3) is 0 Å². The van der Waals surface area contributed by atoms with E-state index in [1.54, 1.807) is 0 Å². The van der Waals surface area contributed by atoms with E-state index in [2.05, 4.69) is 19.8 Å². The minimum atomic E-state index is -0.454. The highest BCUT2D eigenvalue weighted by molar-refractivity contribution is 5.06. The predicted molar refractivity (Wildman–Crippen MR) is 66.0 cm³/mol. The molecule has 1 rings (SSSR count). The Bertz CT molecular complexity index is 236. The summed E-state index contributed by atoms with van der Waals surface area (Å²) in [6.07, 6.45) is 10.8. The number of hydrogen-bond donors (Lipinski definition) is 0. The molecule has 1 heterocycles. The summed E-state index contributed by atoms with van der Waals surface area (Å²) in [5.74, 6) is 3.50. The summed E-state index contributed by atoms with van der Waals surface area (Å²) < 4.78 is 11.3. The second kappa shape index (κ2) is 6.27. The van der Waals surface area contributed by atoms with Crippen molar-refractivity contribution in [1.82, 2.24) is 0 Å².